The van der Waals surface area contributed by atoms with Gasteiger partial charge in [0.1, 0.15) is 5.69 Å². The molecule has 3 heterocycles. The van der Waals surface area contributed by atoms with Gasteiger partial charge in [0.25, 0.3) is 5.89 Å². The maximum Gasteiger partial charge on any atom is 0.276 e. The molecule has 0 unspecified atom stereocenters. The number of hydrogen-bond donors (Lipinski definition) is 1. The van der Waals surface area contributed by atoms with E-state index < -0.39 is 0 Å². The van der Waals surface area contributed by atoms with Crippen molar-refractivity contribution in [3.05, 3.63) is 41.9 Å². The number of pyridine rings is 1. The van der Waals surface area contributed by atoms with Crippen LogP contribution in [0.15, 0.2) is 35.0 Å². The molecule has 4 aromatic rings. The van der Waals surface area contributed by atoms with E-state index in [9.17, 15) is 0 Å². The Labute approximate surface area is 121 Å². The molecule has 0 fully saturated rings. The van der Waals surface area contributed by atoms with Crippen LogP contribution in [-0.4, -0.2) is 20.1 Å². The summed E-state index contributed by atoms with van der Waals surface area (Å²) in [6, 6.07) is 8.24. The number of aromatic nitrogens is 4. The van der Waals surface area contributed by atoms with Crippen LogP contribution in [0, 0.1) is 6.92 Å². The lowest BCUT2D eigenvalue weighted by molar-refractivity contribution is 0.422. The molecule has 0 spiro atoms. The Bertz CT molecular complexity index is 951. The summed E-state index contributed by atoms with van der Waals surface area (Å²) in [6.45, 7) is 4.10. The molecule has 0 atom stereocenters. The minimum Gasteiger partial charge on any atom is -0.353 e. The number of H-pyrrole nitrogens is 1. The topological polar surface area (TPSA) is 67.6 Å². The average Bonchev–Trinajstić information content (AvgIpc) is 3.11. The van der Waals surface area contributed by atoms with Crippen LogP contribution in [0.2, 0.25) is 0 Å². The molecule has 104 valence electrons. The molecule has 0 aliphatic carbocycles. The summed E-state index contributed by atoms with van der Waals surface area (Å²) in [5, 5.41) is 6.27. The average molecular weight is 278 g/mol. The van der Waals surface area contributed by atoms with Crippen LogP contribution in [0.25, 0.3) is 33.4 Å². The molecule has 4 rings (SSSR count). The highest BCUT2D eigenvalue weighted by Gasteiger charge is 2.13. The molecule has 0 radical (unpaired) electrons. The van der Waals surface area contributed by atoms with E-state index in [1.165, 1.54) is 10.9 Å². The van der Waals surface area contributed by atoms with Gasteiger partial charge >= 0.3 is 0 Å². The fourth-order valence-electron chi connectivity index (χ4n) is 2.65. The van der Waals surface area contributed by atoms with Gasteiger partial charge in [0, 0.05) is 22.7 Å². The second-order valence-corrected chi connectivity index (χ2v) is 5.11. The molecule has 0 bridgehead atoms. The van der Waals surface area contributed by atoms with Gasteiger partial charge in [-0.05, 0) is 24.6 Å². The zero-order valence-electron chi connectivity index (χ0n) is 11.8. The van der Waals surface area contributed by atoms with Gasteiger partial charge < -0.3 is 9.51 Å². The molecule has 0 amide bonds. The van der Waals surface area contributed by atoms with Crippen molar-refractivity contribution in [1.29, 1.82) is 0 Å². The fraction of sp³-hybridized carbons (Fsp3) is 0.188. The Hall–Kier alpha value is -2.69. The quantitative estimate of drug-likeness (QED) is 0.608. The number of nitrogens with zero attached hydrogens (tertiary/aromatic N) is 3. The Morgan fingerprint density at radius 3 is 2.95 bits per heavy atom. The molecule has 0 aliphatic rings. The van der Waals surface area contributed by atoms with Crippen LogP contribution in [0.1, 0.15) is 18.3 Å². The minimum atomic E-state index is 0.469. The van der Waals surface area contributed by atoms with Crippen LogP contribution in [0.5, 0.6) is 0 Å². The summed E-state index contributed by atoms with van der Waals surface area (Å²) in [5.74, 6) is 1.17. The van der Waals surface area contributed by atoms with Crippen LogP contribution in [0.4, 0.5) is 0 Å². The number of benzene rings is 1. The third kappa shape index (κ3) is 1.81. The summed E-state index contributed by atoms with van der Waals surface area (Å²) in [6.07, 6.45) is 2.57. The normalized spacial score (nSPS) is 11.5. The first-order valence-corrected chi connectivity index (χ1v) is 6.96. The number of hydrogen-bond acceptors (Lipinski definition) is 4. The standard InChI is InChI=1S/C16H14N4O/c1-3-14-19-16(21-20-14)12-7-10-13(8-17-12)18-11-6-4-5-9(2)15(10)11/h4-8,18H,3H2,1-2H3. The molecule has 3 aromatic heterocycles. The fourth-order valence-corrected chi connectivity index (χ4v) is 2.65. The minimum absolute atomic E-state index is 0.469. The van der Waals surface area contributed by atoms with Crippen LogP contribution in [-0.2, 0) is 6.42 Å². The molecule has 5 nitrogen and oxygen atoms in total. The van der Waals surface area contributed by atoms with Crippen molar-refractivity contribution < 1.29 is 4.52 Å². The highest BCUT2D eigenvalue weighted by molar-refractivity contribution is 6.09. The van der Waals surface area contributed by atoms with Gasteiger partial charge in [-0.15, -0.1) is 0 Å². The van der Waals surface area contributed by atoms with Crippen molar-refractivity contribution >= 4 is 21.8 Å². The van der Waals surface area contributed by atoms with E-state index in [0.29, 0.717) is 17.4 Å². The molecule has 0 saturated heterocycles. The Kier molecular flexibility index (Phi) is 2.54. The van der Waals surface area contributed by atoms with E-state index in [1.54, 1.807) is 0 Å². The van der Waals surface area contributed by atoms with Gasteiger partial charge in [-0.2, -0.15) is 4.98 Å². The zero-order valence-corrected chi connectivity index (χ0v) is 11.8. The molecular weight excluding hydrogens is 264 g/mol. The number of aromatic amines is 1. The largest absolute Gasteiger partial charge is 0.353 e. The molecule has 1 aromatic carbocycles. The second-order valence-electron chi connectivity index (χ2n) is 5.11. The maximum absolute atomic E-state index is 5.28. The number of nitrogens with one attached hydrogen (secondary N) is 1. The molecule has 21 heavy (non-hydrogen) atoms. The first-order valence-electron chi connectivity index (χ1n) is 6.96. The molecule has 5 heteroatoms. The van der Waals surface area contributed by atoms with Crippen molar-refractivity contribution in [1.82, 2.24) is 20.1 Å². The van der Waals surface area contributed by atoms with E-state index in [1.807, 2.05) is 25.3 Å². The Morgan fingerprint density at radius 1 is 1.24 bits per heavy atom. The van der Waals surface area contributed by atoms with E-state index in [4.69, 9.17) is 4.52 Å². The van der Waals surface area contributed by atoms with Crippen molar-refractivity contribution in [2.75, 3.05) is 0 Å². The third-order valence-electron chi connectivity index (χ3n) is 3.72. The van der Waals surface area contributed by atoms with Gasteiger partial charge in [0.05, 0.1) is 11.7 Å². The van der Waals surface area contributed by atoms with Gasteiger partial charge in [-0.25, -0.2) is 4.98 Å². The number of rotatable bonds is 2. The monoisotopic (exact) mass is 278 g/mol. The summed E-state index contributed by atoms with van der Waals surface area (Å²) >= 11 is 0. The van der Waals surface area contributed by atoms with Crippen LogP contribution < -0.4 is 0 Å². The smallest absolute Gasteiger partial charge is 0.276 e. The Balaban J connectivity index is 1.98. The lowest BCUT2D eigenvalue weighted by atomic mass is 10.1. The van der Waals surface area contributed by atoms with E-state index >= 15 is 0 Å². The van der Waals surface area contributed by atoms with Gasteiger partial charge in [-0.1, -0.05) is 24.2 Å². The summed E-state index contributed by atoms with van der Waals surface area (Å²) in [7, 11) is 0. The highest BCUT2D eigenvalue weighted by Crippen LogP contribution is 2.30. The van der Waals surface area contributed by atoms with Crippen LogP contribution in [0.3, 0.4) is 0 Å². The lowest BCUT2D eigenvalue weighted by Gasteiger charge is -1.97. The summed E-state index contributed by atoms with van der Waals surface area (Å²) in [5.41, 5.74) is 4.07. The highest BCUT2D eigenvalue weighted by atomic mass is 16.5. The summed E-state index contributed by atoms with van der Waals surface area (Å²) in [4.78, 5) is 12.1. The first-order chi connectivity index (χ1) is 10.3. The van der Waals surface area contributed by atoms with Crippen molar-refractivity contribution in [3.8, 4) is 11.6 Å². The summed E-state index contributed by atoms with van der Waals surface area (Å²) < 4.78 is 5.28. The molecule has 0 saturated carbocycles. The predicted octanol–water partition coefficient (Wildman–Crippen LogP) is 3.64. The van der Waals surface area contributed by atoms with Crippen molar-refractivity contribution in [3.63, 3.8) is 0 Å². The van der Waals surface area contributed by atoms with Gasteiger partial charge in [0.2, 0.25) is 0 Å². The molecule has 0 aliphatic heterocycles. The molecule has 1 N–H and O–H groups in total. The van der Waals surface area contributed by atoms with E-state index in [-0.39, 0.29) is 0 Å². The van der Waals surface area contributed by atoms with Gasteiger partial charge in [0.15, 0.2) is 5.82 Å². The second kappa shape index (κ2) is 4.41. The predicted molar refractivity (Wildman–Crippen MR) is 81.0 cm³/mol. The Morgan fingerprint density at radius 2 is 2.14 bits per heavy atom. The third-order valence-corrected chi connectivity index (χ3v) is 3.72. The van der Waals surface area contributed by atoms with Crippen molar-refractivity contribution in [2.45, 2.75) is 20.3 Å². The molecular formula is C16H14N4O. The van der Waals surface area contributed by atoms with E-state index in [2.05, 4.69) is 39.2 Å². The lowest BCUT2D eigenvalue weighted by Crippen LogP contribution is -1.85. The van der Waals surface area contributed by atoms with E-state index in [0.717, 1.165) is 22.8 Å². The SMILES string of the molecule is CCc1noc(-c2cc3c(cn2)[nH]c2cccc(C)c23)n1. The zero-order chi connectivity index (χ0) is 14.4. The van der Waals surface area contributed by atoms with Crippen LogP contribution >= 0.6 is 0 Å². The first kappa shape index (κ1) is 12.1. The van der Waals surface area contributed by atoms with Crippen molar-refractivity contribution in [2.24, 2.45) is 0 Å². The maximum atomic E-state index is 5.28. The van der Waals surface area contributed by atoms with Gasteiger partial charge in [-0.3, -0.25) is 0 Å². The number of fused-ring (bicyclic) bond motifs is 3. The number of aryl methyl sites for hydroxylation is 2.